The first-order valence-electron chi connectivity index (χ1n) is 5.86. The third-order valence-corrected chi connectivity index (χ3v) is 6.16. The van der Waals surface area contributed by atoms with E-state index in [1.165, 1.54) is 20.2 Å². The zero-order chi connectivity index (χ0) is 12.8. The topological polar surface area (TPSA) is 24.9 Å². The molecule has 0 aliphatic carbocycles. The van der Waals surface area contributed by atoms with Crippen LogP contribution in [0.2, 0.25) is 0 Å². The van der Waals surface area contributed by atoms with Crippen molar-refractivity contribution in [3.05, 3.63) is 36.4 Å². The number of anilines is 2. The quantitative estimate of drug-likeness (QED) is 0.487. The van der Waals surface area contributed by atoms with Crippen molar-refractivity contribution < 1.29 is 0 Å². The minimum Gasteiger partial charge on any atom is -0.354 e. The third kappa shape index (κ3) is 1.93. The summed E-state index contributed by atoms with van der Waals surface area (Å²) >= 11 is 5.29. The summed E-state index contributed by atoms with van der Waals surface area (Å²) in [5.74, 6) is 0. The van der Waals surface area contributed by atoms with Crippen LogP contribution < -0.4 is 5.32 Å². The Kier molecular flexibility index (Phi) is 2.72. The molecule has 0 amide bonds. The van der Waals surface area contributed by atoms with E-state index in [1.54, 1.807) is 23.1 Å². The van der Waals surface area contributed by atoms with Crippen molar-refractivity contribution in [3.8, 4) is 0 Å². The molecule has 3 aromatic rings. The summed E-state index contributed by atoms with van der Waals surface area (Å²) in [4.78, 5) is 7.19. The number of para-hydroxylation sites is 1. The maximum absolute atomic E-state index is 4.63. The fourth-order valence-corrected chi connectivity index (χ4v) is 4.72. The van der Waals surface area contributed by atoms with Gasteiger partial charge in [-0.05, 0) is 30.5 Å². The van der Waals surface area contributed by atoms with Gasteiger partial charge in [0.2, 0.25) is 0 Å². The molecule has 0 unspecified atom stereocenters. The van der Waals surface area contributed by atoms with E-state index in [-0.39, 0.29) is 0 Å². The van der Waals surface area contributed by atoms with Crippen LogP contribution >= 0.6 is 34.9 Å². The molecule has 4 rings (SSSR count). The van der Waals surface area contributed by atoms with Crippen LogP contribution in [0, 0.1) is 0 Å². The van der Waals surface area contributed by atoms with E-state index < -0.39 is 0 Å². The van der Waals surface area contributed by atoms with E-state index in [4.69, 9.17) is 0 Å². The van der Waals surface area contributed by atoms with Gasteiger partial charge in [0.25, 0.3) is 0 Å². The highest BCUT2D eigenvalue weighted by Gasteiger charge is 2.17. The molecular weight excluding hydrogens is 292 g/mol. The number of thiazole rings is 1. The largest absolute Gasteiger partial charge is 0.354 e. The van der Waals surface area contributed by atoms with Gasteiger partial charge >= 0.3 is 0 Å². The summed E-state index contributed by atoms with van der Waals surface area (Å²) in [5.41, 5.74) is 3.43. The van der Waals surface area contributed by atoms with Crippen LogP contribution in [0.15, 0.2) is 50.5 Å². The van der Waals surface area contributed by atoms with Gasteiger partial charge in [-0.2, -0.15) is 0 Å². The van der Waals surface area contributed by atoms with Gasteiger partial charge in [0.05, 0.1) is 21.6 Å². The average Bonchev–Trinajstić information content (AvgIpc) is 2.84. The zero-order valence-corrected chi connectivity index (χ0v) is 12.6. The van der Waals surface area contributed by atoms with Crippen LogP contribution in [-0.4, -0.2) is 11.2 Å². The Labute approximate surface area is 123 Å². The second-order valence-electron chi connectivity index (χ2n) is 4.22. The first-order chi connectivity index (χ1) is 9.33. The van der Waals surface area contributed by atoms with E-state index in [1.807, 2.05) is 11.8 Å². The summed E-state index contributed by atoms with van der Waals surface area (Å²) in [6.45, 7) is 0. The van der Waals surface area contributed by atoms with Gasteiger partial charge in [0.15, 0.2) is 4.34 Å². The van der Waals surface area contributed by atoms with Crippen LogP contribution in [0.4, 0.5) is 11.4 Å². The molecule has 19 heavy (non-hydrogen) atoms. The number of aromatic nitrogens is 1. The fraction of sp³-hybridized carbons (Fsp3) is 0.0714. The number of nitrogens with zero attached hydrogens (tertiary/aromatic N) is 1. The highest BCUT2D eigenvalue weighted by Crippen LogP contribution is 2.46. The first-order valence-corrected chi connectivity index (χ1v) is 8.72. The Morgan fingerprint density at radius 2 is 2.00 bits per heavy atom. The van der Waals surface area contributed by atoms with Gasteiger partial charge in [-0.3, -0.25) is 0 Å². The molecule has 0 spiro atoms. The lowest BCUT2D eigenvalue weighted by molar-refractivity contribution is 1.29. The van der Waals surface area contributed by atoms with Crippen molar-refractivity contribution in [2.24, 2.45) is 0 Å². The van der Waals surface area contributed by atoms with E-state index in [0.29, 0.717) is 0 Å². The zero-order valence-electron chi connectivity index (χ0n) is 10.1. The van der Waals surface area contributed by atoms with Gasteiger partial charge in [0, 0.05) is 9.79 Å². The molecule has 1 aliphatic rings. The lowest BCUT2D eigenvalue weighted by Gasteiger charge is -2.20. The molecule has 5 heteroatoms. The lowest BCUT2D eigenvalue weighted by Crippen LogP contribution is -1.99. The van der Waals surface area contributed by atoms with Gasteiger partial charge in [-0.1, -0.05) is 35.7 Å². The van der Waals surface area contributed by atoms with Crippen LogP contribution in [-0.2, 0) is 0 Å². The van der Waals surface area contributed by atoms with Crippen LogP contribution in [0.25, 0.3) is 10.2 Å². The van der Waals surface area contributed by atoms with E-state index in [0.717, 1.165) is 15.5 Å². The van der Waals surface area contributed by atoms with Crippen molar-refractivity contribution in [3.63, 3.8) is 0 Å². The van der Waals surface area contributed by atoms with Crippen LogP contribution in [0.1, 0.15) is 0 Å². The Morgan fingerprint density at radius 3 is 2.89 bits per heavy atom. The average molecular weight is 302 g/mol. The lowest BCUT2D eigenvalue weighted by atomic mass is 10.2. The minimum absolute atomic E-state index is 1.08. The molecule has 0 atom stereocenters. The molecule has 2 aromatic carbocycles. The smallest absolute Gasteiger partial charge is 0.150 e. The number of hydrogen-bond donors (Lipinski definition) is 1. The van der Waals surface area contributed by atoms with Gasteiger partial charge in [0.1, 0.15) is 0 Å². The van der Waals surface area contributed by atoms with Gasteiger partial charge in [-0.25, -0.2) is 4.98 Å². The molecular formula is C14H10N2S3. The number of hydrogen-bond acceptors (Lipinski definition) is 5. The standard InChI is InChI=1S/C14H10N2S3/c1-17-14-16-10-6-9-12(7-13(10)19-14)18-11-5-3-2-4-8(11)15-9/h2-7,15H,1H3. The summed E-state index contributed by atoms with van der Waals surface area (Å²) in [6, 6.07) is 12.8. The second kappa shape index (κ2) is 4.44. The molecule has 94 valence electrons. The number of rotatable bonds is 1. The number of nitrogens with one attached hydrogen (secondary N) is 1. The molecule has 1 aliphatic heterocycles. The Balaban J connectivity index is 1.87. The Bertz CT molecular complexity index is 717. The molecule has 0 bridgehead atoms. The number of thioether (sulfide) groups is 1. The second-order valence-corrected chi connectivity index (χ2v) is 7.39. The van der Waals surface area contributed by atoms with Crippen molar-refractivity contribution in [2.75, 3.05) is 11.6 Å². The van der Waals surface area contributed by atoms with E-state index >= 15 is 0 Å². The summed E-state index contributed by atoms with van der Waals surface area (Å²) < 4.78 is 2.39. The minimum atomic E-state index is 1.08. The van der Waals surface area contributed by atoms with Crippen molar-refractivity contribution in [2.45, 2.75) is 14.1 Å². The van der Waals surface area contributed by atoms with Gasteiger partial charge in [-0.15, -0.1) is 11.3 Å². The summed E-state index contributed by atoms with van der Waals surface area (Å²) in [7, 11) is 0. The monoisotopic (exact) mass is 302 g/mol. The first kappa shape index (κ1) is 11.6. The van der Waals surface area contributed by atoms with Crippen LogP contribution in [0.3, 0.4) is 0 Å². The van der Waals surface area contributed by atoms with Crippen molar-refractivity contribution >= 4 is 56.5 Å². The predicted molar refractivity (Wildman–Crippen MR) is 85.2 cm³/mol. The summed E-state index contributed by atoms with van der Waals surface area (Å²) in [5, 5.41) is 3.50. The molecule has 2 nitrogen and oxygen atoms in total. The summed E-state index contributed by atoms with van der Waals surface area (Å²) in [6.07, 6.45) is 2.07. The maximum Gasteiger partial charge on any atom is 0.150 e. The fourth-order valence-electron chi connectivity index (χ4n) is 2.13. The molecule has 0 fully saturated rings. The molecule has 0 saturated heterocycles. The van der Waals surface area contributed by atoms with Crippen molar-refractivity contribution in [1.29, 1.82) is 0 Å². The third-order valence-electron chi connectivity index (χ3n) is 3.02. The Morgan fingerprint density at radius 1 is 1.11 bits per heavy atom. The van der Waals surface area contributed by atoms with Crippen molar-refractivity contribution in [1.82, 2.24) is 4.98 Å². The molecule has 1 N–H and O–H groups in total. The number of fused-ring (bicyclic) bond motifs is 3. The normalized spacial score (nSPS) is 12.9. The van der Waals surface area contributed by atoms with E-state index in [2.05, 4.69) is 53.0 Å². The molecule has 0 saturated carbocycles. The molecule has 0 radical (unpaired) electrons. The predicted octanol–water partition coefficient (Wildman–Crippen LogP) is 5.23. The SMILES string of the molecule is CSc1nc2cc3c(cc2s1)Sc1ccccc1N3. The molecule has 2 heterocycles. The number of benzene rings is 2. The maximum atomic E-state index is 4.63. The highest BCUT2D eigenvalue weighted by molar-refractivity contribution is 8.00. The molecule has 1 aromatic heterocycles. The highest BCUT2D eigenvalue weighted by atomic mass is 32.2. The van der Waals surface area contributed by atoms with E-state index in [9.17, 15) is 0 Å². The Hall–Kier alpha value is -1.17. The van der Waals surface area contributed by atoms with Crippen LogP contribution in [0.5, 0.6) is 0 Å². The van der Waals surface area contributed by atoms with Gasteiger partial charge < -0.3 is 5.32 Å².